The number of H-pyrrole nitrogens is 1. The van der Waals surface area contributed by atoms with E-state index in [2.05, 4.69) is 10.2 Å². The van der Waals surface area contributed by atoms with Gasteiger partial charge in [-0.3, -0.25) is 5.10 Å². The van der Waals surface area contributed by atoms with Crippen LogP contribution in [-0.4, -0.2) is 16.4 Å². The zero-order valence-corrected chi connectivity index (χ0v) is 6.26. The van der Waals surface area contributed by atoms with Crippen LogP contribution in [0.1, 0.15) is 18.5 Å². The Morgan fingerprint density at radius 1 is 1.73 bits per heavy atom. The van der Waals surface area contributed by atoms with Gasteiger partial charge in [0.25, 0.3) is 0 Å². The average molecular weight is 154 g/mol. The Morgan fingerprint density at radius 2 is 2.55 bits per heavy atom. The van der Waals surface area contributed by atoms with Gasteiger partial charge in [-0.15, -0.1) is 0 Å². The first-order chi connectivity index (χ1) is 5.36. The van der Waals surface area contributed by atoms with Gasteiger partial charge in [0, 0.05) is 18.3 Å². The summed E-state index contributed by atoms with van der Waals surface area (Å²) in [5.74, 6) is 0.332. The largest absolute Gasteiger partial charge is 0.282 e. The first-order valence-electron chi connectivity index (χ1n) is 3.98. The summed E-state index contributed by atoms with van der Waals surface area (Å²) in [6, 6.07) is 1.83. The quantitative estimate of drug-likeness (QED) is 0.705. The molecule has 0 aliphatic heterocycles. The third-order valence-corrected chi connectivity index (χ3v) is 2.11. The van der Waals surface area contributed by atoms with Gasteiger partial charge in [0.15, 0.2) is 0 Å². The Morgan fingerprint density at radius 3 is 3.09 bits per heavy atom. The van der Waals surface area contributed by atoms with Gasteiger partial charge >= 0.3 is 0 Å². The lowest BCUT2D eigenvalue weighted by Crippen LogP contribution is -2.07. The zero-order valence-electron chi connectivity index (χ0n) is 6.26. The van der Waals surface area contributed by atoms with Gasteiger partial charge in [0.2, 0.25) is 0 Å². The third-order valence-electron chi connectivity index (χ3n) is 2.11. The highest BCUT2D eigenvalue weighted by Crippen LogP contribution is 2.35. The first-order valence-corrected chi connectivity index (χ1v) is 3.98. The minimum absolute atomic E-state index is 0.332. The van der Waals surface area contributed by atoms with Crippen molar-refractivity contribution in [1.29, 1.82) is 0 Å². The maximum Gasteiger partial charge on any atom is 0.108 e. The van der Waals surface area contributed by atoms with Crippen molar-refractivity contribution in [3.05, 3.63) is 18.0 Å². The Labute approximate surface area is 64.8 Å². The summed E-state index contributed by atoms with van der Waals surface area (Å²) in [6.45, 7) is 0. The lowest BCUT2D eigenvalue weighted by Gasteiger charge is -2.02. The molecule has 1 atom stereocenters. The number of hydrogen-bond acceptors (Lipinski definition) is 1. The molecule has 1 aromatic rings. The SMILES string of the molecule is FC(Cc1ccn[nH]1)C1CC1. The van der Waals surface area contributed by atoms with Crippen molar-refractivity contribution in [3.63, 3.8) is 0 Å². The van der Waals surface area contributed by atoms with Crippen molar-refractivity contribution < 1.29 is 4.39 Å². The van der Waals surface area contributed by atoms with Crippen molar-refractivity contribution in [3.8, 4) is 0 Å². The summed E-state index contributed by atoms with van der Waals surface area (Å²) in [5, 5.41) is 6.52. The highest BCUT2D eigenvalue weighted by atomic mass is 19.1. The van der Waals surface area contributed by atoms with Crippen molar-refractivity contribution in [2.45, 2.75) is 25.4 Å². The molecule has 0 aromatic carbocycles. The van der Waals surface area contributed by atoms with Crippen LogP contribution in [0.5, 0.6) is 0 Å². The second-order valence-corrected chi connectivity index (χ2v) is 3.14. The average Bonchev–Trinajstić information content (AvgIpc) is 2.73. The second-order valence-electron chi connectivity index (χ2n) is 3.14. The highest BCUT2D eigenvalue weighted by Gasteiger charge is 2.31. The molecule has 3 heteroatoms. The van der Waals surface area contributed by atoms with Crippen LogP contribution >= 0.6 is 0 Å². The van der Waals surface area contributed by atoms with Gasteiger partial charge < -0.3 is 0 Å². The van der Waals surface area contributed by atoms with Gasteiger partial charge in [0.05, 0.1) is 0 Å². The number of hydrogen-bond donors (Lipinski definition) is 1. The van der Waals surface area contributed by atoms with Crippen LogP contribution in [0.2, 0.25) is 0 Å². The molecule has 1 heterocycles. The van der Waals surface area contributed by atoms with E-state index in [4.69, 9.17) is 0 Å². The van der Waals surface area contributed by atoms with E-state index >= 15 is 0 Å². The van der Waals surface area contributed by atoms with Crippen LogP contribution < -0.4 is 0 Å². The molecule has 1 aromatic heterocycles. The van der Waals surface area contributed by atoms with Crippen molar-refractivity contribution in [2.24, 2.45) is 5.92 Å². The van der Waals surface area contributed by atoms with Crippen molar-refractivity contribution >= 4 is 0 Å². The summed E-state index contributed by atoms with van der Waals surface area (Å²) >= 11 is 0. The fourth-order valence-electron chi connectivity index (χ4n) is 1.23. The standard InChI is InChI=1S/C8H11FN2/c9-8(6-1-2-6)5-7-3-4-10-11-7/h3-4,6,8H,1-2,5H2,(H,10,11). The number of halogens is 1. The van der Waals surface area contributed by atoms with Crippen LogP contribution in [0.25, 0.3) is 0 Å². The molecule has 0 saturated heterocycles. The van der Waals surface area contributed by atoms with Crippen LogP contribution in [0.4, 0.5) is 4.39 Å². The van der Waals surface area contributed by atoms with Gasteiger partial charge in [-0.1, -0.05) is 0 Å². The van der Waals surface area contributed by atoms with Gasteiger partial charge in [0.1, 0.15) is 6.17 Å². The van der Waals surface area contributed by atoms with E-state index in [0.717, 1.165) is 18.5 Å². The summed E-state index contributed by atoms with van der Waals surface area (Å²) in [4.78, 5) is 0. The zero-order chi connectivity index (χ0) is 7.68. The van der Waals surface area contributed by atoms with E-state index in [1.54, 1.807) is 6.20 Å². The third kappa shape index (κ3) is 1.59. The predicted molar refractivity (Wildman–Crippen MR) is 39.9 cm³/mol. The maximum absolute atomic E-state index is 13.1. The Bertz CT molecular complexity index is 216. The monoisotopic (exact) mass is 154 g/mol. The minimum Gasteiger partial charge on any atom is -0.282 e. The van der Waals surface area contributed by atoms with Crippen LogP contribution in [0.15, 0.2) is 12.3 Å². The molecule has 11 heavy (non-hydrogen) atoms. The highest BCUT2D eigenvalue weighted by molar-refractivity contribution is 5.01. The molecule has 1 aliphatic carbocycles. The van der Waals surface area contributed by atoms with E-state index in [1.165, 1.54) is 0 Å². The van der Waals surface area contributed by atoms with E-state index in [9.17, 15) is 4.39 Å². The lowest BCUT2D eigenvalue weighted by molar-refractivity contribution is 0.293. The summed E-state index contributed by atoms with van der Waals surface area (Å²) in [6.07, 6.45) is 3.64. The molecule has 1 saturated carbocycles. The molecule has 2 nitrogen and oxygen atoms in total. The van der Waals surface area contributed by atoms with E-state index < -0.39 is 6.17 Å². The van der Waals surface area contributed by atoms with Crippen LogP contribution in [0.3, 0.4) is 0 Å². The predicted octanol–water partition coefficient (Wildman–Crippen LogP) is 1.70. The smallest absolute Gasteiger partial charge is 0.108 e. The number of nitrogens with one attached hydrogen (secondary N) is 1. The Kier molecular flexibility index (Phi) is 1.64. The molecule has 1 fully saturated rings. The first kappa shape index (κ1) is 6.83. The fraction of sp³-hybridized carbons (Fsp3) is 0.625. The van der Waals surface area contributed by atoms with Crippen molar-refractivity contribution in [1.82, 2.24) is 10.2 Å². The summed E-state index contributed by atoms with van der Waals surface area (Å²) in [7, 11) is 0. The fourth-order valence-corrected chi connectivity index (χ4v) is 1.23. The molecule has 0 amide bonds. The minimum atomic E-state index is -0.657. The number of nitrogens with zero attached hydrogens (tertiary/aromatic N) is 1. The number of rotatable bonds is 3. The Hall–Kier alpha value is -0.860. The van der Waals surface area contributed by atoms with Crippen molar-refractivity contribution in [2.75, 3.05) is 0 Å². The molecule has 60 valence electrons. The van der Waals surface area contributed by atoms with Crippen LogP contribution in [0, 0.1) is 5.92 Å². The molecule has 0 radical (unpaired) electrons. The van der Waals surface area contributed by atoms with E-state index in [-0.39, 0.29) is 0 Å². The van der Waals surface area contributed by atoms with E-state index in [0.29, 0.717) is 12.3 Å². The van der Waals surface area contributed by atoms with Gasteiger partial charge in [-0.2, -0.15) is 5.10 Å². The number of aromatic amines is 1. The van der Waals surface area contributed by atoms with E-state index in [1.807, 2.05) is 6.07 Å². The number of alkyl halides is 1. The molecule has 1 unspecified atom stereocenters. The normalized spacial score (nSPS) is 20.1. The number of aromatic nitrogens is 2. The maximum atomic E-state index is 13.1. The molecular weight excluding hydrogens is 143 g/mol. The van der Waals surface area contributed by atoms with Gasteiger partial charge in [-0.05, 0) is 24.8 Å². The van der Waals surface area contributed by atoms with Crippen LogP contribution in [-0.2, 0) is 6.42 Å². The molecule has 0 spiro atoms. The second kappa shape index (κ2) is 2.64. The molecule has 1 N–H and O–H groups in total. The Balaban J connectivity index is 1.89. The molecule has 2 rings (SSSR count). The molecular formula is C8H11FN2. The summed E-state index contributed by atoms with van der Waals surface area (Å²) in [5.41, 5.74) is 0.907. The summed E-state index contributed by atoms with van der Waals surface area (Å²) < 4.78 is 13.1. The van der Waals surface area contributed by atoms with Gasteiger partial charge in [-0.25, -0.2) is 4.39 Å². The molecule has 0 bridgehead atoms. The molecule has 1 aliphatic rings. The topological polar surface area (TPSA) is 28.7 Å². The lowest BCUT2D eigenvalue weighted by atomic mass is 10.1.